The van der Waals surface area contributed by atoms with E-state index in [1.807, 2.05) is 13.1 Å². The first-order chi connectivity index (χ1) is 7.58. The van der Waals surface area contributed by atoms with E-state index in [1.54, 1.807) is 10.8 Å². The molecule has 0 fully saturated rings. The second kappa shape index (κ2) is 4.42. The number of aromatic nitrogens is 3. The lowest BCUT2D eigenvalue weighted by Gasteiger charge is -1.98. The van der Waals surface area contributed by atoms with Gasteiger partial charge < -0.3 is 9.67 Å². The van der Waals surface area contributed by atoms with Gasteiger partial charge in [0, 0.05) is 17.7 Å². The molecule has 84 valence electrons. The van der Waals surface area contributed by atoms with E-state index in [0.717, 1.165) is 15.6 Å². The Hall–Kier alpha value is -1.08. The van der Waals surface area contributed by atoms with Gasteiger partial charge in [0.1, 0.15) is 5.52 Å². The first kappa shape index (κ1) is 11.4. The first-order valence-corrected chi connectivity index (χ1v) is 6.18. The predicted molar refractivity (Wildman–Crippen MR) is 64.6 cm³/mol. The van der Waals surface area contributed by atoms with E-state index < -0.39 is 5.97 Å². The molecule has 2 aromatic rings. The van der Waals surface area contributed by atoms with Gasteiger partial charge in [0.25, 0.3) is 0 Å². The van der Waals surface area contributed by atoms with Crippen LogP contribution in [0.15, 0.2) is 21.9 Å². The zero-order valence-corrected chi connectivity index (χ0v) is 10.7. The molecule has 0 aliphatic rings. The van der Waals surface area contributed by atoms with Gasteiger partial charge in [-0.3, -0.25) is 4.79 Å². The third-order valence-corrected chi connectivity index (χ3v) is 3.41. The van der Waals surface area contributed by atoms with Crippen LogP contribution in [0.4, 0.5) is 0 Å². The van der Waals surface area contributed by atoms with Crippen molar-refractivity contribution in [1.82, 2.24) is 14.5 Å². The number of fused-ring (bicyclic) bond motifs is 1. The minimum Gasteiger partial charge on any atom is -0.481 e. The van der Waals surface area contributed by atoms with E-state index in [1.165, 1.54) is 11.8 Å². The number of halogens is 1. The summed E-state index contributed by atoms with van der Waals surface area (Å²) in [6.07, 6.45) is 1.69. The lowest BCUT2D eigenvalue weighted by molar-refractivity contribution is -0.133. The number of aliphatic carboxylic acids is 1. The molecule has 0 saturated carbocycles. The van der Waals surface area contributed by atoms with E-state index in [4.69, 9.17) is 5.11 Å². The predicted octanol–water partition coefficient (Wildman–Crippen LogP) is 1.91. The summed E-state index contributed by atoms with van der Waals surface area (Å²) in [7, 11) is 1.82. The van der Waals surface area contributed by atoms with Crippen molar-refractivity contribution in [2.24, 2.45) is 7.05 Å². The van der Waals surface area contributed by atoms with Crippen molar-refractivity contribution >= 4 is 44.8 Å². The maximum Gasteiger partial charge on any atom is 0.313 e. The lowest BCUT2D eigenvalue weighted by atomic mass is 10.4. The van der Waals surface area contributed by atoms with Gasteiger partial charge in [-0.15, -0.1) is 0 Å². The van der Waals surface area contributed by atoms with E-state index in [0.29, 0.717) is 5.16 Å². The van der Waals surface area contributed by atoms with Crippen LogP contribution in [0.5, 0.6) is 0 Å². The van der Waals surface area contributed by atoms with E-state index >= 15 is 0 Å². The lowest BCUT2D eigenvalue weighted by Crippen LogP contribution is -2.00. The summed E-state index contributed by atoms with van der Waals surface area (Å²) < 4.78 is 2.64. The van der Waals surface area contributed by atoms with Crippen molar-refractivity contribution in [1.29, 1.82) is 0 Å². The fourth-order valence-corrected chi connectivity index (χ4v) is 2.30. The van der Waals surface area contributed by atoms with Gasteiger partial charge in [0.2, 0.25) is 0 Å². The topological polar surface area (TPSA) is 68.0 Å². The second-order valence-electron chi connectivity index (χ2n) is 3.13. The Bertz CT molecular complexity index is 555. The molecule has 1 N–H and O–H groups in total. The maximum absolute atomic E-state index is 10.5. The molecule has 0 saturated heterocycles. The number of thioether (sulfide) groups is 1. The summed E-state index contributed by atoms with van der Waals surface area (Å²) in [5.74, 6) is -0.857. The Balaban J connectivity index is 2.39. The molecule has 0 atom stereocenters. The summed E-state index contributed by atoms with van der Waals surface area (Å²) in [5.41, 5.74) is 1.50. The fraction of sp³-hybridized carbons (Fsp3) is 0.222. The SMILES string of the molecule is Cn1c(SCC(=O)O)nc2cc(Br)cnc21. The van der Waals surface area contributed by atoms with Gasteiger partial charge in [0.05, 0.1) is 5.75 Å². The monoisotopic (exact) mass is 301 g/mol. The number of carboxylic acids is 1. The number of hydrogen-bond acceptors (Lipinski definition) is 4. The second-order valence-corrected chi connectivity index (χ2v) is 4.99. The number of imidazole rings is 1. The molecule has 0 amide bonds. The van der Waals surface area contributed by atoms with Crippen molar-refractivity contribution in [3.63, 3.8) is 0 Å². The molecule has 0 aromatic carbocycles. The molecule has 7 heteroatoms. The van der Waals surface area contributed by atoms with Gasteiger partial charge in [0.15, 0.2) is 10.8 Å². The molecule has 0 bridgehead atoms. The van der Waals surface area contributed by atoms with Gasteiger partial charge in [-0.2, -0.15) is 0 Å². The van der Waals surface area contributed by atoms with Gasteiger partial charge in [-0.1, -0.05) is 11.8 Å². The molecule has 2 rings (SSSR count). The average Bonchev–Trinajstić information content (AvgIpc) is 2.52. The van der Waals surface area contributed by atoms with Gasteiger partial charge in [-0.05, 0) is 22.0 Å². The summed E-state index contributed by atoms with van der Waals surface area (Å²) >= 11 is 4.50. The van der Waals surface area contributed by atoms with Crippen molar-refractivity contribution in [2.45, 2.75) is 5.16 Å². The number of carboxylic acid groups (broad SMARTS) is 1. The maximum atomic E-state index is 10.5. The molecule has 0 radical (unpaired) electrons. The highest BCUT2D eigenvalue weighted by molar-refractivity contribution is 9.10. The molecular formula is C9H8BrN3O2S. The van der Waals surface area contributed by atoms with Crippen molar-refractivity contribution in [3.05, 3.63) is 16.7 Å². The quantitative estimate of drug-likeness (QED) is 0.877. The van der Waals surface area contributed by atoms with Crippen LogP contribution in [0.3, 0.4) is 0 Å². The number of rotatable bonds is 3. The molecule has 16 heavy (non-hydrogen) atoms. The van der Waals surface area contributed by atoms with Crippen LogP contribution in [0, 0.1) is 0 Å². The highest BCUT2D eigenvalue weighted by Crippen LogP contribution is 2.23. The Labute approximate surface area is 104 Å². The minimum atomic E-state index is -0.855. The molecule has 0 aliphatic heterocycles. The molecule has 2 aromatic heterocycles. The molecule has 0 spiro atoms. The van der Waals surface area contributed by atoms with Crippen molar-refractivity contribution in [2.75, 3.05) is 5.75 Å². The number of hydrogen-bond donors (Lipinski definition) is 1. The highest BCUT2D eigenvalue weighted by Gasteiger charge is 2.10. The zero-order chi connectivity index (χ0) is 11.7. The van der Waals surface area contributed by atoms with Crippen molar-refractivity contribution < 1.29 is 9.90 Å². The molecular weight excluding hydrogens is 294 g/mol. The van der Waals surface area contributed by atoms with E-state index in [9.17, 15) is 4.79 Å². The Morgan fingerprint density at radius 1 is 1.69 bits per heavy atom. The highest BCUT2D eigenvalue weighted by atomic mass is 79.9. The number of carbonyl (C=O) groups is 1. The largest absolute Gasteiger partial charge is 0.481 e. The van der Waals surface area contributed by atoms with Crippen LogP contribution in [0.2, 0.25) is 0 Å². The molecule has 0 unspecified atom stereocenters. The van der Waals surface area contributed by atoms with Crippen molar-refractivity contribution in [3.8, 4) is 0 Å². The third-order valence-electron chi connectivity index (χ3n) is 1.96. The molecule has 5 nitrogen and oxygen atoms in total. The fourth-order valence-electron chi connectivity index (χ4n) is 1.29. The molecule has 2 heterocycles. The molecule has 0 aliphatic carbocycles. The van der Waals surface area contributed by atoms with E-state index in [-0.39, 0.29) is 5.75 Å². The number of pyridine rings is 1. The summed E-state index contributed by atoms with van der Waals surface area (Å²) in [6.45, 7) is 0. The van der Waals surface area contributed by atoms with Gasteiger partial charge >= 0.3 is 5.97 Å². The Morgan fingerprint density at radius 2 is 2.44 bits per heavy atom. The Kier molecular flexibility index (Phi) is 3.15. The van der Waals surface area contributed by atoms with Crippen LogP contribution in [0.25, 0.3) is 11.2 Å². The normalized spacial score (nSPS) is 10.9. The number of nitrogens with zero attached hydrogens (tertiary/aromatic N) is 3. The Morgan fingerprint density at radius 3 is 3.12 bits per heavy atom. The third kappa shape index (κ3) is 2.19. The standard InChI is InChI=1S/C9H8BrN3O2S/c1-13-8-6(2-5(10)3-11-8)12-9(13)16-4-7(14)15/h2-3H,4H2,1H3,(H,14,15). The smallest absolute Gasteiger partial charge is 0.313 e. The van der Waals surface area contributed by atoms with Crippen LogP contribution >= 0.6 is 27.7 Å². The van der Waals surface area contributed by atoms with Crippen LogP contribution in [-0.2, 0) is 11.8 Å². The van der Waals surface area contributed by atoms with Gasteiger partial charge in [-0.25, -0.2) is 9.97 Å². The summed E-state index contributed by atoms with van der Waals surface area (Å²) in [6, 6.07) is 1.85. The summed E-state index contributed by atoms with van der Waals surface area (Å²) in [5, 5.41) is 9.26. The minimum absolute atomic E-state index is 0.00166. The average molecular weight is 302 g/mol. The zero-order valence-electron chi connectivity index (χ0n) is 8.35. The van der Waals surface area contributed by atoms with E-state index in [2.05, 4.69) is 25.9 Å². The summed E-state index contributed by atoms with van der Waals surface area (Å²) in [4.78, 5) is 19.0. The number of aryl methyl sites for hydroxylation is 1. The van der Waals surface area contributed by atoms with Crippen LogP contribution in [0.1, 0.15) is 0 Å². The van der Waals surface area contributed by atoms with Crippen LogP contribution < -0.4 is 0 Å². The first-order valence-electron chi connectivity index (χ1n) is 4.40. The van der Waals surface area contributed by atoms with Crippen LogP contribution in [-0.4, -0.2) is 31.4 Å².